The normalized spacial score (nSPS) is 15.9. The van der Waals surface area contributed by atoms with E-state index in [1.54, 1.807) is 48.5 Å². The van der Waals surface area contributed by atoms with Gasteiger partial charge < -0.3 is 15.4 Å². The maximum atomic E-state index is 13.0. The van der Waals surface area contributed by atoms with Crippen molar-refractivity contribution in [3.8, 4) is 5.75 Å². The van der Waals surface area contributed by atoms with Gasteiger partial charge in [-0.2, -0.15) is 0 Å². The van der Waals surface area contributed by atoms with Gasteiger partial charge in [-0.15, -0.1) is 0 Å². The van der Waals surface area contributed by atoms with Crippen molar-refractivity contribution in [1.82, 2.24) is 5.32 Å². The average molecular weight is 446 g/mol. The number of amides is 2. The molecule has 0 aromatic heterocycles. The number of rotatable bonds is 7. The van der Waals surface area contributed by atoms with Gasteiger partial charge in [0.1, 0.15) is 5.75 Å². The van der Waals surface area contributed by atoms with Crippen molar-refractivity contribution in [3.05, 3.63) is 54.1 Å². The molecule has 8 nitrogen and oxygen atoms in total. The number of sulfonamides is 1. The van der Waals surface area contributed by atoms with Crippen LogP contribution >= 0.6 is 0 Å². The number of anilines is 2. The van der Waals surface area contributed by atoms with Gasteiger partial charge in [0.15, 0.2) is 6.10 Å². The van der Waals surface area contributed by atoms with E-state index < -0.39 is 22.0 Å². The lowest BCUT2D eigenvalue weighted by Crippen LogP contribution is -2.36. The Kier molecular flexibility index (Phi) is 7.17. The van der Waals surface area contributed by atoms with Crippen LogP contribution in [0.5, 0.6) is 5.75 Å². The second-order valence-corrected chi connectivity index (χ2v) is 9.25. The molecule has 1 aliphatic heterocycles. The molecule has 0 spiro atoms. The summed E-state index contributed by atoms with van der Waals surface area (Å²) in [5, 5.41) is 5.61. The van der Waals surface area contributed by atoms with Gasteiger partial charge in [-0.05, 0) is 30.7 Å². The maximum absolute atomic E-state index is 13.0. The van der Waals surface area contributed by atoms with Gasteiger partial charge in [0.2, 0.25) is 10.0 Å². The van der Waals surface area contributed by atoms with E-state index in [0.29, 0.717) is 29.2 Å². The van der Waals surface area contributed by atoms with Crippen LogP contribution in [0.1, 0.15) is 36.5 Å². The zero-order valence-corrected chi connectivity index (χ0v) is 18.4. The van der Waals surface area contributed by atoms with Crippen LogP contribution in [0.4, 0.5) is 11.4 Å². The second-order valence-electron chi connectivity index (χ2n) is 7.34. The van der Waals surface area contributed by atoms with E-state index in [9.17, 15) is 18.0 Å². The maximum Gasteiger partial charge on any atom is 0.265 e. The highest BCUT2D eigenvalue weighted by molar-refractivity contribution is 7.92. The van der Waals surface area contributed by atoms with Gasteiger partial charge in [0.05, 0.1) is 23.2 Å². The summed E-state index contributed by atoms with van der Waals surface area (Å²) in [6.07, 6.45) is 2.20. The van der Waals surface area contributed by atoms with E-state index in [0.717, 1.165) is 19.1 Å². The lowest BCUT2D eigenvalue weighted by molar-refractivity contribution is -0.122. The number of nitrogens with one attached hydrogen (secondary N) is 2. The third-order valence-corrected chi connectivity index (χ3v) is 6.12. The smallest absolute Gasteiger partial charge is 0.265 e. The van der Waals surface area contributed by atoms with Crippen LogP contribution in [-0.2, 0) is 14.8 Å². The van der Waals surface area contributed by atoms with Crippen LogP contribution in [0.2, 0.25) is 0 Å². The van der Waals surface area contributed by atoms with Gasteiger partial charge >= 0.3 is 0 Å². The number of hydrogen-bond acceptors (Lipinski definition) is 5. The summed E-state index contributed by atoms with van der Waals surface area (Å²) in [4.78, 5) is 25.5. The van der Waals surface area contributed by atoms with Gasteiger partial charge in [-0.1, -0.05) is 37.6 Å². The molecule has 1 aliphatic rings. The minimum Gasteiger partial charge on any atom is -0.478 e. The third kappa shape index (κ3) is 5.55. The number of hydrogen-bond donors (Lipinski definition) is 2. The molecule has 2 N–H and O–H groups in total. The minimum absolute atomic E-state index is 0.104. The number of carbonyl (C=O) groups excluding carboxylic acids is 2. The lowest BCUT2D eigenvalue weighted by atomic mass is 10.1. The molecule has 166 valence electrons. The predicted molar refractivity (Wildman–Crippen MR) is 120 cm³/mol. The number of benzene rings is 2. The van der Waals surface area contributed by atoms with E-state index in [4.69, 9.17) is 4.74 Å². The topological polar surface area (TPSA) is 105 Å². The first kappa shape index (κ1) is 22.6. The first-order valence-corrected chi connectivity index (χ1v) is 12.1. The van der Waals surface area contributed by atoms with Gasteiger partial charge in [0, 0.05) is 19.5 Å². The largest absolute Gasteiger partial charge is 0.478 e. The first-order valence-electron chi connectivity index (χ1n) is 10.2. The molecule has 31 heavy (non-hydrogen) atoms. The fraction of sp³-hybridized carbons (Fsp3) is 0.364. The Morgan fingerprint density at radius 1 is 1.13 bits per heavy atom. The van der Waals surface area contributed by atoms with Crippen molar-refractivity contribution in [3.63, 3.8) is 0 Å². The summed E-state index contributed by atoms with van der Waals surface area (Å²) >= 11 is 0. The van der Waals surface area contributed by atoms with Crippen LogP contribution in [0.25, 0.3) is 0 Å². The average Bonchev–Trinajstić information content (AvgIpc) is 2.94. The zero-order valence-electron chi connectivity index (χ0n) is 17.6. The van der Waals surface area contributed by atoms with Crippen LogP contribution < -0.4 is 19.7 Å². The van der Waals surface area contributed by atoms with E-state index in [1.807, 2.05) is 6.92 Å². The molecule has 0 saturated heterocycles. The highest BCUT2D eigenvalue weighted by Gasteiger charge is 2.31. The highest BCUT2D eigenvalue weighted by atomic mass is 32.2. The van der Waals surface area contributed by atoms with Crippen LogP contribution in [0.15, 0.2) is 48.5 Å². The Morgan fingerprint density at radius 3 is 2.58 bits per heavy atom. The monoisotopic (exact) mass is 445 g/mol. The summed E-state index contributed by atoms with van der Waals surface area (Å²) in [5.41, 5.74) is 1.14. The molecule has 0 saturated carbocycles. The molecule has 2 amide bonds. The molecule has 1 heterocycles. The molecular weight excluding hydrogens is 418 g/mol. The standard InChI is InChI=1S/C22H27N3O5S/c1-3-4-14-23-21(26)16-9-5-6-10-17(16)24-22(27)20-13-15-25(31(2,28)29)18-11-7-8-12-19(18)30-20/h5-12,20H,3-4,13-15H2,1-2H3,(H,23,26)(H,24,27). The molecule has 2 aromatic rings. The second kappa shape index (κ2) is 9.82. The predicted octanol–water partition coefficient (Wildman–Crippen LogP) is 2.77. The Labute approximate surface area is 182 Å². The third-order valence-electron chi connectivity index (χ3n) is 4.94. The van der Waals surface area contributed by atoms with Gasteiger partial charge in [-0.25, -0.2) is 8.42 Å². The molecule has 0 aliphatic carbocycles. The van der Waals surface area contributed by atoms with Crippen molar-refractivity contribution in [2.24, 2.45) is 0 Å². The minimum atomic E-state index is -3.53. The number of nitrogens with zero attached hydrogens (tertiary/aromatic N) is 1. The molecular formula is C22H27N3O5S. The quantitative estimate of drug-likeness (QED) is 0.638. The molecule has 1 atom stereocenters. The number of carbonyl (C=O) groups is 2. The zero-order chi connectivity index (χ0) is 22.4. The van der Waals surface area contributed by atoms with E-state index in [-0.39, 0.29) is 18.9 Å². The van der Waals surface area contributed by atoms with E-state index >= 15 is 0 Å². The summed E-state index contributed by atoms with van der Waals surface area (Å²) < 4.78 is 31.6. The first-order chi connectivity index (χ1) is 14.8. The van der Waals surface area contributed by atoms with E-state index in [2.05, 4.69) is 10.6 Å². The molecule has 3 rings (SSSR count). The Morgan fingerprint density at radius 2 is 1.84 bits per heavy atom. The fourth-order valence-corrected chi connectivity index (χ4v) is 4.28. The van der Waals surface area contributed by atoms with Crippen LogP contribution in [0.3, 0.4) is 0 Å². The lowest BCUT2D eigenvalue weighted by Gasteiger charge is -2.20. The summed E-state index contributed by atoms with van der Waals surface area (Å²) in [5.74, 6) is -0.394. The Hall–Kier alpha value is -3.07. The van der Waals surface area contributed by atoms with Crippen molar-refractivity contribution in [2.45, 2.75) is 32.3 Å². The Bertz CT molecular complexity index is 1050. The number of ether oxygens (including phenoxy) is 1. The van der Waals surface area contributed by atoms with Crippen LogP contribution in [-0.4, -0.2) is 45.7 Å². The summed E-state index contributed by atoms with van der Waals surface area (Å²) in [7, 11) is -3.53. The number of unbranched alkanes of at least 4 members (excludes halogenated alkanes) is 1. The fourth-order valence-electron chi connectivity index (χ4n) is 3.34. The van der Waals surface area contributed by atoms with Crippen molar-refractivity contribution < 1.29 is 22.7 Å². The van der Waals surface area contributed by atoms with E-state index in [1.165, 1.54) is 4.31 Å². The van der Waals surface area contributed by atoms with Crippen molar-refractivity contribution >= 4 is 33.2 Å². The molecule has 1 unspecified atom stereocenters. The van der Waals surface area contributed by atoms with Gasteiger partial charge in [0.25, 0.3) is 11.8 Å². The molecule has 0 fully saturated rings. The van der Waals surface area contributed by atoms with Gasteiger partial charge in [-0.3, -0.25) is 13.9 Å². The molecule has 0 radical (unpaired) electrons. The number of fused-ring (bicyclic) bond motifs is 1. The molecule has 0 bridgehead atoms. The van der Waals surface area contributed by atoms with Crippen molar-refractivity contribution in [2.75, 3.05) is 29.0 Å². The Balaban J connectivity index is 1.79. The van der Waals surface area contributed by atoms with Crippen LogP contribution in [0, 0.1) is 0 Å². The SMILES string of the molecule is CCCCNC(=O)c1ccccc1NC(=O)C1CCN(S(C)(=O)=O)c2ccccc2O1. The summed E-state index contributed by atoms with van der Waals surface area (Å²) in [6, 6.07) is 13.5. The highest BCUT2D eigenvalue weighted by Crippen LogP contribution is 2.34. The molecule has 9 heteroatoms. The summed E-state index contributed by atoms with van der Waals surface area (Å²) in [6.45, 7) is 2.70. The molecule has 2 aromatic carbocycles. The number of para-hydroxylation sites is 3. The van der Waals surface area contributed by atoms with Crippen molar-refractivity contribution in [1.29, 1.82) is 0 Å².